The lowest BCUT2D eigenvalue weighted by Crippen LogP contribution is -2.27. The number of rotatable bonds is 5. The summed E-state index contributed by atoms with van der Waals surface area (Å²) < 4.78 is 43.4. The number of alkyl halides is 3. The van der Waals surface area contributed by atoms with Gasteiger partial charge in [-0.3, -0.25) is 0 Å². The van der Waals surface area contributed by atoms with Crippen LogP contribution >= 0.6 is 0 Å². The van der Waals surface area contributed by atoms with E-state index in [9.17, 15) is 23.1 Å². The minimum atomic E-state index is -5.02. The number of aliphatic hydroxyl groups excluding tert-OH is 1. The van der Waals surface area contributed by atoms with Crippen molar-refractivity contribution in [3.05, 3.63) is 65.7 Å². The van der Waals surface area contributed by atoms with Crippen LogP contribution in [0.25, 0.3) is 5.52 Å². The number of benzene rings is 1. The Kier molecular flexibility index (Phi) is 5.64. The number of halogens is 3. The van der Waals surface area contributed by atoms with Crippen LogP contribution in [-0.2, 0) is 4.79 Å². The van der Waals surface area contributed by atoms with Gasteiger partial charge in [0.1, 0.15) is 5.75 Å². The van der Waals surface area contributed by atoms with Crippen molar-refractivity contribution in [1.29, 1.82) is 0 Å². The van der Waals surface area contributed by atoms with Crippen LogP contribution < -0.4 is 4.74 Å². The van der Waals surface area contributed by atoms with Crippen LogP contribution in [0, 0.1) is 5.92 Å². The molecule has 1 N–H and O–H groups in total. The first kappa shape index (κ1) is 21.9. The zero-order valence-corrected chi connectivity index (χ0v) is 18.0. The van der Waals surface area contributed by atoms with Gasteiger partial charge in [0, 0.05) is 11.8 Å². The number of hydrogen-bond donors (Lipinski definition) is 1. The van der Waals surface area contributed by atoms with Crippen molar-refractivity contribution in [3.63, 3.8) is 0 Å². The molecule has 0 radical (unpaired) electrons. The Balaban J connectivity index is 1.25. The van der Waals surface area contributed by atoms with E-state index in [-0.39, 0.29) is 17.6 Å². The Hall–Kier alpha value is -2.87. The molecule has 0 saturated heterocycles. The summed E-state index contributed by atoms with van der Waals surface area (Å²) in [6, 6.07) is 8.37. The topological polar surface area (TPSA) is 63.8 Å². The Morgan fingerprint density at radius 2 is 1.70 bits per heavy atom. The van der Waals surface area contributed by atoms with Gasteiger partial charge >= 0.3 is 12.1 Å². The first-order chi connectivity index (χ1) is 15.8. The van der Waals surface area contributed by atoms with E-state index in [2.05, 4.69) is 15.8 Å². The second kappa shape index (κ2) is 8.48. The molecule has 0 aliphatic heterocycles. The maximum absolute atomic E-state index is 12.4. The van der Waals surface area contributed by atoms with E-state index in [4.69, 9.17) is 0 Å². The fourth-order valence-corrected chi connectivity index (χ4v) is 5.08. The number of pyridine rings is 1. The van der Waals surface area contributed by atoms with Gasteiger partial charge in [0.05, 0.1) is 24.1 Å². The molecule has 1 atom stereocenters. The summed E-state index contributed by atoms with van der Waals surface area (Å²) in [4.78, 5) is 15.3. The van der Waals surface area contributed by atoms with E-state index in [1.165, 1.54) is 17.7 Å². The summed E-state index contributed by atoms with van der Waals surface area (Å²) in [5.41, 5.74) is 4.22. The molecule has 3 aromatic rings. The lowest BCUT2D eigenvalue weighted by molar-refractivity contribution is -0.189. The predicted octanol–water partition coefficient (Wildman–Crippen LogP) is 5.69. The van der Waals surface area contributed by atoms with E-state index in [1.54, 1.807) is 18.5 Å². The van der Waals surface area contributed by atoms with Crippen molar-refractivity contribution in [2.45, 2.75) is 62.6 Å². The average Bonchev–Trinajstić information content (AvgIpc) is 3.54. The Morgan fingerprint density at radius 3 is 2.33 bits per heavy atom. The van der Waals surface area contributed by atoms with Gasteiger partial charge in [-0.1, -0.05) is 12.1 Å². The van der Waals surface area contributed by atoms with Crippen molar-refractivity contribution < 1.29 is 27.8 Å². The third kappa shape index (κ3) is 4.49. The zero-order valence-electron chi connectivity index (χ0n) is 18.0. The second-order valence-electron chi connectivity index (χ2n) is 9.16. The van der Waals surface area contributed by atoms with Gasteiger partial charge in [0.25, 0.3) is 0 Å². The Bertz CT molecular complexity index is 1140. The molecule has 33 heavy (non-hydrogen) atoms. The minimum absolute atomic E-state index is 0.119. The van der Waals surface area contributed by atoms with Crippen molar-refractivity contribution >= 4 is 11.5 Å². The average molecular weight is 458 g/mol. The summed E-state index contributed by atoms with van der Waals surface area (Å²) in [7, 11) is 0. The maximum Gasteiger partial charge on any atom is 0.491 e. The molecule has 2 saturated carbocycles. The van der Waals surface area contributed by atoms with E-state index in [0.717, 1.165) is 55.2 Å². The quantitative estimate of drug-likeness (QED) is 0.394. The monoisotopic (exact) mass is 458 g/mol. The highest BCUT2D eigenvalue weighted by atomic mass is 19.4. The molecule has 2 aliphatic rings. The second-order valence-corrected chi connectivity index (χ2v) is 9.16. The summed E-state index contributed by atoms with van der Waals surface area (Å²) in [6.07, 6.45) is 5.82. The molecule has 0 spiro atoms. The van der Waals surface area contributed by atoms with Gasteiger partial charge < -0.3 is 14.2 Å². The number of aliphatic hydroxyl groups is 1. The number of imidazole rings is 1. The molecule has 0 amide bonds. The van der Waals surface area contributed by atoms with Gasteiger partial charge in [-0.25, -0.2) is 9.78 Å². The molecule has 5 rings (SSSR count). The number of esters is 1. The molecule has 0 bridgehead atoms. The third-order valence-corrected chi connectivity index (χ3v) is 6.99. The minimum Gasteiger partial charge on any atom is -0.420 e. The van der Waals surface area contributed by atoms with Crippen molar-refractivity contribution in [1.82, 2.24) is 9.38 Å². The molecule has 5 nitrogen and oxygen atoms in total. The number of fused-ring (bicyclic) bond motifs is 1. The summed E-state index contributed by atoms with van der Waals surface area (Å²) in [5, 5.41) is 11.4. The highest BCUT2D eigenvalue weighted by molar-refractivity contribution is 5.78. The molecule has 1 aromatic carbocycles. The van der Waals surface area contributed by atoms with Crippen LogP contribution in [0.3, 0.4) is 0 Å². The normalized spacial score (nSPS) is 22.3. The fraction of sp³-hybridized carbons (Fsp3) is 0.440. The molecule has 1 unspecified atom stereocenters. The number of hydrogen-bond acceptors (Lipinski definition) is 4. The maximum atomic E-state index is 12.4. The first-order valence-corrected chi connectivity index (χ1v) is 11.3. The summed E-state index contributed by atoms with van der Waals surface area (Å²) >= 11 is 0. The molecule has 2 aliphatic carbocycles. The lowest BCUT2D eigenvalue weighted by atomic mass is 9.75. The van der Waals surface area contributed by atoms with E-state index in [0.29, 0.717) is 5.92 Å². The smallest absolute Gasteiger partial charge is 0.420 e. The lowest BCUT2D eigenvalue weighted by Gasteiger charge is -2.33. The number of aromatic nitrogens is 2. The largest absolute Gasteiger partial charge is 0.491 e. The Morgan fingerprint density at radius 1 is 1.03 bits per heavy atom. The first-order valence-electron chi connectivity index (χ1n) is 11.3. The highest BCUT2D eigenvalue weighted by Gasteiger charge is 2.41. The SMILES string of the molecule is O=C(Oc1ccc(C2CCC(C(O)c3c(C4CC4)ccn4cncc34)CC2)cc1)C(F)(F)F. The van der Waals surface area contributed by atoms with Crippen molar-refractivity contribution in [2.75, 3.05) is 0 Å². The van der Waals surface area contributed by atoms with Gasteiger partial charge in [-0.05, 0) is 85.6 Å². The van der Waals surface area contributed by atoms with E-state index >= 15 is 0 Å². The molecule has 174 valence electrons. The highest BCUT2D eigenvalue weighted by Crippen LogP contribution is 2.48. The standard InChI is InChI=1S/C25H25F3N2O3/c26-25(27,28)24(32)33-19-9-7-16(8-10-19)15-1-5-18(6-2-15)23(31)22-20(17-3-4-17)11-12-30-14-29-13-21(22)30/h7-15,17-18,23,31H,1-6H2. The zero-order chi connectivity index (χ0) is 23.2. The molecule has 2 aromatic heterocycles. The van der Waals surface area contributed by atoms with Crippen molar-refractivity contribution in [3.8, 4) is 5.75 Å². The molecular formula is C25H25F3N2O3. The van der Waals surface area contributed by atoms with Crippen LogP contribution in [0.2, 0.25) is 0 Å². The number of carbonyl (C=O) groups is 1. The predicted molar refractivity (Wildman–Crippen MR) is 115 cm³/mol. The number of nitrogens with zero attached hydrogens (tertiary/aromatic N) is 2. The van der Waals surface area contributed by atoms with Gasteiger partial charge in [0.15, 0.2) is 0 Å². The van der Waals surface area contributed by atoms with Crippen LogP contribution in [0.5, 0.6) is 5.75 Å². The number of carbonyl (C=O) groups excluding carboxylic acids is 1. The van der Waals surface area contributed by atoms with Crippen LogP contribution in [-0.4, -0.2) is 26.6 Å². The van der Waals surface area contributed by atoms with E-state index < -0.39 is 18.2 Å². The van der Waals surface area contributed by atoms with Gasteiger partial charge in [-0.2, -0.15) is 13.2 Å². The Labute approximate surface area is 189 Å². The van der Waals surface area contributed by atoms with E-state index in [1.807, 2.05) is 16.8 Å². The summed E-state index contributed by atoms with van der Waals surface area (Å²) in [6.45, 7) is 0. The van der Waals surface area contributed by atoms with Crippen LogP contribution in [0.4, 0.5) is 13.2 Å². The van der Waals surface area contributed by atoms with Gasteiger partial charge in [-0.15, -0.1) is 0 Å². The van der Waals surface area contributed by atoms with Gasteiger partial charge in [0.2, 0.25) is 0 Å². The summed E-state index contributed by atoms with van der Waals surface area (Å²) in [5.74, 6) is -1.41. The molecule has 2 fully saturated rings. The van der Waals surface area contributed by atoms with Crippen LogP contribution in [0.1, 0.15) is 73.2 Å². The number of ether oxygens (including phenoxy) is 1. The molecule has 2 heterocycles. The van der Waals surface area contributed by atoms with Crippen LogP contribution in [0.15, 0.2) is 49.1 Å². The molecule has 8 heteroatoms. The van der Waals surface area contributed by atoms with Crippen molar-refractivity contribution in [2.24, 2.45) is 5.92 Å². The molecular weight excluding hydrogens is 433 g/mol. The fourth-order valence-electron chi connectivity index (χ4n) is 5.08. The third-order valence-electron chi connectivity index (χ3n) is 6.99.